The minimum Gasteiger partial charge on any atom is -0.465 e. The molecule has 0 aliphatic carbocycles. The predicted molar refractivity (Wildman–Crippen MR) is 63.8 cm³/mol. The van der Waals surface area contributed by atoms with Gasteiger partial charge in [-0.3, -0.25) is 0 Å². The minimum atomic E-state index is 0.561. The highest BCUT2D eigenvalue weighted by molar-refractivity contribution is 5.05. The predicted octanol–water partition coefficient (Wildman–Crippen LogP) is 3.50. The maximum atomic E-state index is 5.52. The van der Waals surface area contributed by atoms with E-state index in [9.17, 15) is 0 Å². The Hall–Kier alpha value is -0.760. The topological polar surface area (TPSA) is 25.2 Å². The van der Waals surface area contributed by atoms with E-state index >= 15 is 0 Å². The Morgan fingerprint density at radius 1 is 1.27 bits per heavy atom. The van der Waals surface area contributed by atoms with Crippen LogP contribution in [-0.4, -0.2) is 6.04 Å². The molecule has 0 aliphatic rings. The summed E-state index contributed by atoms with van der Waals surface area (Å²) in [6.45, 7) is 9.58. The Balaban J connectivity index is 2.36. The first-order valence-electron chi connectivity index (χ1n) is 5.96. The zero-order valence-electron chi connectivity index (χ0n) is 10.3. The highest BCUT2D eigenvalue weighted by Crippen LogP contribution is 2.13. The van der Waals surface area contributed by atoms with Gasteiger partial charge in [0.05, 0.1) is 6.54 Å². The van der Waals surface area contributed by atoms with Crippen LogP contribution in [0.15, 0.2) is 16.5 Å². The lowest BCUT2D eigenvalue weighted by molar-refractivity contribution is 0.338. The van der Waals surface area contributed by atoms with Gasteiger partial charge in [0, 0.05) is 6.04 Å². The number of furan rings is 1. The van der Waals surface area contributed by atoms with Crippen LogP contribution in [0, 0.1) is 12.8 Å². The van der Waals surface area contributed by atoms with Crippen LogP contribution < -0.4 is 5.32 Å². The van der Waals surface area contributed by atoms with Crippen molar-refractivity contribution < 1.29 is 4.42 Å². The van der Waals surface area contributed by atoms with E-state index in [1.165, 1.54) is 12.8 Å². The van der Waals surface area contributed by atoms with Crippen molar-refractivity contribution in [3.05, 3.63) is 23.7 Å². The fourth-order valence-corrected chi connectivity index (χ4v) is 2.00. The summed E-state index contributed by atoms with van der Waals surface area (Å²) >= 11 is 0. The van der Waals surface area contributed by atoms with Crippen LogP contribution in [0.2, 0.25) is 0 Å². The highest BCUT2D eigenvalue weighted by Gasteiger charge is 2.12. The summed E-state index contributed by atoms with van der Waals surface area (Å²) < 4.78 is 5.52. The van der Waals surface area contributed by atoms with Crippen LogP contribution in [0.3, 0.4) is 0 Å². The third-order valence-electron chi connectivity index (χ3n) is 3.15. The summed E-state index contributed by atoms with van der Waals surface area (Å²) in [4.78, 5) is 0. The third-order valence-corrected chi connectivity index (χ3v) is 3.15. The maximum Gasteiger partial charge on any atom is 0.117 e. The molecule has 2 nitrogen and oxygen atoms in total. The van der Waals surface area contributed by atoms with E-state index < -0.39 is 0 Å². The number of nitrogens with one attached hydrogen (secondary N) is 1. The van der Waals surface area contributed by atoms with Crippen molar-refractivity contribution in [2.75, 3.05) is 0 Å². The number of rotatable bonds is 6. The molecule has 86 valence electrons. The molecule has 1 atom stereocenters. The van der Waals surface area contributed by atoms with E-state index in [1.54, 1.807) is 0 Å². The Labute approximate surface area is 93.1 Å². The summed E-state index contributed by atoms with van der Waals surface area (Å²) in [6.07, 6.45) is 2.48. The fourth-order valence-electron chi connectivity index (χ4n) is 2.00. The van der Waals surface area contributed by atoms with Gasteiger partial charge in [0.2, 0.25) is 0 Å². The molecule has 1 aromatic rings. The first-order chi connectivity index (χ1) is 7.17. The van der Waals surface area contributed by atoms with E-state index in [0.29, 0.717) is 6.04 Å². The quantitative estimate of drug-likeness (QED) is 0.775. The van der Waals surface area contributed by atoms with Crippen LogP contribution in [-0.2, 0) is 6.54 Å². The molecule has 1 rings (SSSR count). The molecule has 0 spiro atoms. The van der Waals surface area contributed by atoms with Gasteiger partial charge in [0.15, 0.2) is 0 Å². The molecule has 0 radical (unpaired) electrons. The fraction of sp³-hybridized carbons (Fsp3) is 0.692. The lowest BCUT2D eigenvalue weighted by Gasteiger charge is -2.21. The molecule has 0 aliphatic heterocycles. The van der Waals surface area contributed by atoms with Crippen LogP contribution in [0.5, 0.6) is 0 Å². The molecular weight excluding hydrogens is 186 g/mol. The Morgan fingerprint density at radius 2 is 1.93 bits per heavy atom. The standard InChI is InChI=1S/C13H23NO/c1-5-12(6-2)11(4)14-9-13-8-7-10(3)15-13/h7-8,11-12,14H,5-6,9H2,1-4H3. The summed E-state index contributed by atoms with van der Waals surface area (Å²) in [7, 11) is 0. The van der Waals surface area contributed by atoms with Crippen molar-refractivity contribution in [3.8, 4) is 0 Å². The van der Waals surface area contributed by atoms with Gasteiger partial charge >= 0.3 is 0 Å². The van der Waals surface area contributed by atoms with E-state index in [-0.39, 0.29) is 0 Å². The molecule has 0 saturated carbocycles. The lowest BCUT2D eigenvalue weighted by atomic mass is 9.95. The molecule has 1 unspecified atom stereocenters. The Bertz CT molecular complexity index is 276. The smallest absolute Gasteiger partial charge is 0.117 e. The van der Waals surface area contributed by atoms with Crippen LogP contribution in [0.4, 0.5) is 0 Å². The molecule has 0 fully saturated rings. The summed E-state index contributed by atoms with van der Waals surface area (Å²) in [6, 6.07) is 4.62. The molecule has 15 heavy (non-hydrogen) atoms. The monoisotopic (exact) mass is 209 g/mol. The van der Waals surface area contributed by atoms with Crippen LogP contribution in [0.1, 0.15) is 45.1 Å². The Kier molecular flexibility index (Phi) is 4.89. The van der Waals surface area contributed by atoms with Crippen LogP contribution >= 0.6 is 0 Å². The normalized spacial score (nSPS) is 13.4. The summed E-state index contributed by atoms with van der Waals surface area (Å²) in [5.41, 5.74) is 0. The van der Waals surface area contributed by atoms with Crippen molar-refractivity contribution in [2.24, 2.45) is 5.92 Å². The molecule has 1 aromatic heterocycles. The second-order valence-electron chi connectivity index (χ2n) is 4.26. The van der Waals surface area contributed by atoms with E-state index in [4.69, 9.17) is 4.42 Å². The summed E-state index contributed by atoms with van der Waals surface area (Å²) in [5.74, 6) is 2.79. The molecule has 0 aromatic carbocycles. The maximum absolute atomic E-state index is 5.52. The van der Waals surface area contributed by atoms with Gasteiger partial charge in [-0.1, -0.05) is 26.7 Å². The van der Waals surface area contributed by atoms with Gasteiger partial charge in [-0.15, -0.1) is 0 Å². The number of hydrogen-bond acceptors (Lipinski definition) is 2. The molecule has 0 saturated heterocycles. The molecule has 0 amide bonds. The van der Waals surface area contributed by atoms with Gasteiger partial charge in [0.1, 0.15) is 11.5 Å². The van der Waals surface area contributed by atoms with Gasteiger partial charge in [0.25, 0.3) is 0 Å². The lowest BCUT2D eigenvalue weighted by Crippen LogP contribution is -2.32. The second-order valence-corrected chi connectivity index (χ2v) is 4.26. The highest BCUT2D eigenvalue weighted by atomic mass is 16.3. The van der Waals surface area contributed by atoms with Crippen molar-refractivity contribution in [3.63, 3.8) is 0 Å². The largest absolute Gasteiger partial charge is 0.465 e. The second kappa shape index (κ2) is 5.96. The first kappa shape index (κ1) is 12.3. The van der Waals surface area contributed by atoms with E-state index in [0.717, 1.165) is 24.0 Å². The number of hydrogen-bond donors (Lipinski definition) is 1. The van der Waals surface area contributed by atoms with Gasteiger partial charge < -0.3 is 9.73 Å². The average molecular weight is 209 g/mol. The van der Waals surface area contributed by atoms with E-state index in [2.05, 4.69) is 26.1 Å². The van der Waals surface area contributed by atoms with Gasteiger partial charge in [-0.25, -0.2) is 0 Å². The summed E-state index contributed by atoms with van der Waals surface area (Å²) in [5, 5.41) is 3.52. The molecule has 2 heteroatoms. The minimum absolute atomic E-state index is 0.561. The third kappa shape index (κ3) is 3.71. The zero-order chi connectivity index (χ0) is 11.3. The first-order valence-corrected chi connectivity index (χ1v) is 5.96. The van der Waals surface area contributed by atoms with Crippen molar-refractivity contribution in [1.29, 1.82) is 0 Å². The van der Waals surface area contributed by atoms with Crippen molar-refractivity contribution in [2.45, 2.75) is 53.1 Å². The SMILES string of the molecule is CCC(CC)C(C)NCc1ccc(C)o1. The van der Waals surface area contributed by atoms with Gasteiger partial charge in [-0.2, -0.15) is 0 Å². The van der Waals surface area contributed by atoms with Crippen molar-refractivity contribution in [1.82, 2.24) is 5.32 Å². The molecule has 0 bridgehead atoms. The van der Waals surface area contributed by atoms with Crippen molar-refractivity contribution >= 4 is 0 Å². The average Bonchev–Trinajstić information content (AvgIpc) is 2.63. The number of aryl methyl sites for hydroxylation is 1. The van der Waals surface area contributed by atoms with Gasteiger partial charge in [-0.05, 0) is 31.9 Å². The van der Waals surface area contributed by atoms with E-state index in [1.807, 2.05) is 19.1 Å². The van der Waals surface area contributed by atoms with Crippen LogP contribution in [0.25, 0.3) is 0 Å². The molecule has 1 N–H and O–H groups in total. The molecular formula is C13H23NO. The molecule has 1 heterocycles. The Morgan fingerprint density at radius 3 is 2.40 bits per heavy atom. The zero-order valence-corrected chi connectivity index (χ0v) is 10.3.